The van der Waals surface area contributed by atoms with E-state index in [1.807, 2.05) is 0 Å². The largest absolute Gasteiger partial charge is 0.477 e. The molecule has 3 aliphatic rings. The molecule has 0 bridgehead atoms. The van der Waals surface area contributed by atoms with Gasteiger partial charge in [-0.2, -0.15) is 0 Å². The van der Waals surface area contributed by atoms with Gasteiger partial charge in [-0.05, 0) is 26.3 Å². The summed E-state index contributed by atoms with van der Waals surface area (Å²) in [5.41, 5.74) is 0.137. The van der Waals surface area contributed by atoms with Crippen LogP contribution < -0.4 is 5.32 Å². The fraction of sp³-hybridized carbons (Fsp3) is 0.714. The fourth-order valence-corrected chi connectivity index (χ4v) is 4.91. The highest BCUT2D eigenvalue weighted by atomic mass is 32.2. The second kappa shape index (κ2) is 5.62. The Bertz CT molecular complexity index is 499. The van der Waals surface area contributed by atoms with E-state index in [1.165, 1.54) is 4.90 Å². The van der Waals surface area contributed by atoms with Crippen molar-refractivity contribution in [3.05, 3.63) is 10.6 Å². The van der Waals surface area contributed by atoms with E-state index >= 15 is 0 Å². The number of carboxylic acid groups (broad SMARTS) is 1. The van der Waals surface area contributed by atoms with Crippen molar-refractivity contribution in [2.75, 3.05) is 13.1 Å². The van der Waals surface area contributed by atoms with E-state index in [4.69, 9.17) is 0 Å². The van der Waals surface area contributed by atoms with Crippen LogP contribution in [0.2, 0.25) is 0 Å². The van der Waals surface area contributed by atoms with E-state index in [2.05, 4.69) is 5.32 Å². The zero-order chi connectivity index (χ0) is 15.1. The Morgan fingerprint density at radius 2 is 2.29 bits per heavy atom. The average Bonchev–Trinajstić information content (AvgIpc) is 2.74. The summed E-state index contributed by atoms with van der Waals surface area (Å²) < 4.78 is 0. The smallest absolute Gasteiger partial charge is 0.353 e. The highest BCUT2D eigenvalue weighted by Gasteiger charge is 2.56. The molecule has 0 aromatic carbocycles. The predicted octanol–water partition coefficient (Wildman–Crippen LogP) is 0.379. The molecule has 3 heterocycles. The molecule has 3 rings (SSSR count). The third-order valence-electron chi connectivity index (χ3n) is 4.45. The molecule has 1 amide bonds. The lowest BCUT2D eigenvalue weighted by molar-refractivity contribution is -0.161. The van der Waals surface area contributed by atoms with Gasteiger partial charge in [0.05, 0.1) is 18.1 Å². The Labute approximate surface area is 127 Å². The predicted molar refractivity (Wildman–Crippen MR) is 78.6 cm³/mol. The summed E-state index contributed by atoms with van der Waals surface area (Å²) in [6.45, 7) is 3.48. The number of aliphatic hydroxyl groups excluding tert-OH is 1. The number of nitrogens with one attached hydrogen (secondary N) is 1. The highest BCUT2D eigenvalue weighted by Crippen LogP contribution is 2.48. The summed E-state index contributed by atoms with van der Waals surface area (Å²) >= 11 is 1.59. The second-order valence-corrected chi connectivity index (χ2v) is 7.30. The maximum atomic E-state index is 12.1. The molecular weight excluding hydrogens is 292 g/mol. The first-order valence-corrected chi connectivity index (χ1v) is 8.23. The van der Waals surface area contributed by atoms with Gasteiger partial charge in [-0.3, -0.25) is 4.79 Å². The number of rotatable bonds is 4. The van der Waals surface area contributed by atoms with E-state index in [9.17, 15) is 19.8 Å². The molecule has 4 atom stereocenters. The molecule has 2 fully saturated rings. The molecule has 2 saturated heterocycles. The van der Waals surface area contributed by atoms with Gasteiger partial charge in [0, 0.05) is 23.1 Å². The van der Waals surface area contributed by atoms with Gasteiger partial charge in [0.15, 0.2) is 0 Å². The zero-order valence-corrected chi connectivity index (χ0v) is 12.7. The van der Waals surface area contributed by atoms with Crippen molar-refractivity contribution < 1.29 is 19.8 Å². The third kappa shape index (κ3) is 2.47. The first-order valence-electron chi connectivity index (χ1n) is 7.35. The SMILES string of the molecule is CC(O)C1C(=O)N2C(C(=O)O)=C(SC3CCCNC3)C[C@H]12. The minimum absolute atomic E-state index is 0.137. The standard InChI is InChI=1S/C14H20N2O4S/c1-7(17)11-9-5-10(21-8-3-2-4-15-6-8)12(14(19)20)16(9)13(11)18/h7-9,11,15,17H,2-6H2,1H3,(H,19,20)/t7?,8?,9-,11?/m1/s1. The van der Waals surface area contributed by atoms with E-state index in [1.54, 1.807) is 18.7 Å². The van der Waals surface area contributed by atoms with E-state index in [0.29, 0.717) is 11.7 Å². The Morgan fingerprint density at radius 3 is 2.86 bits per heavy atom. The maximum Gasteiger partial charge on any atom is 0.353 e. The van der Waals surface area contributed by atoms with Gasteiger partial charge < -0.3 is 20.4 Å². The van der Waals surface area contributed by atoms with Gasteiger partial charge in [-0.25, -0.2) is 4.79 Å². The lowest BCUT2D eigenvalue weighted by atomic mass is 9.83. The van der Waals surface area contributed by atoms with Gasteiger partial charge in [0.25, 0.3) is 0 Å². The average molecular weight is 312 g/mol. The maximum absolute atomic E-state index is 12.1. The van der Waals surface area contributed by atoms with E-state index in [0.717, 1.165) is 30.8 Å². The van der Waals surface area contributed by atoms with Crippen LogP contribution in [0.4, 0.5) is 0 Å². The van der Waals surface area contributed by atoms with Crippen LogP contribution in [-0.2, 0) is 9.59 Å². The molecule has 116 valence electrons. The number of amides is 1. The lowest BCUT2D eigenvalue weighted by Crippen LogP contribution is -2.61. The number of thioether (sulfide) groups is 1. The number of carboxylic acids is 1. The number of carbonyl (C=O) groups is 2. The molecule has 21 heavy (non-hydrogen) atoms. The van der Waals surface area contributed by atoms with Crippen molar-refractivity contribution in [3.63, 3.8) is 0 Å². The number of aliphatic hydroxyl groups is 1. The molecule has 0 saturated carbocycles. The summed E-state index contributed by atoms with van der Waals surface area (Å²) in [6.07, 6.45) is 1.99. The van der Waals surface area contributed by atoms with Crippen molar-refractivity contribution in [2.45, 2.75) is 43.6 Å². The lowest BCUT2D eigenvalue weighted by Gasteiger charge is -2.44. The molecular formula is C14H20N2O4S. The molecule has 0 aliphatic carbocycles. The molecule has 3 unspecified atom stereocenters. The number of aliphatic carboxylic acids is 1. The summed E-state index contributed by atoms with van der Waals surface area (Å²) in [5.74, 6) is -1.76. The van der Waals surface area contributed by atoms with Gasteiger partial charge in [-0.1, -0.05) is 0 Å². The number of nitrogens with zero attached hydrogens (tertiary/aromatic N) is 1. The Morgan fingerprint density at radius 1 is 1.52 bits per heavy atom. The molecule has 3 aliphatic heterocycles. The normalized spacial score (nSPS) is 33.7. The van der Waals surface area contributed by atoms with Crippen molar-refractivity contribution in [1.82, 2.24) is 10.2 Å². The van der Waals surface area contributed by atoms with Crippen LogP contribution in [0.5, 0.6) is 0 Å². The zero-order valence-electron chi connectivity index (χ0n) is 11.9. The molecule has 0 radical (unpaired) electrons. The van der Waals surface area contributed by atoms with Crippen LogP contribution in [-0.4, -0.2) is 57.5 Å². The second-order valence-electron chi connectivity index (χ2n) is 5.91. The van der Waals surface area contributed by atoms with Gasteiger partial charge >= 0.3 is 5.97 Å². The minimum Gasteiger partial charge on any atom is -0.477 e. The summed E-state index contributed by atoms with van der Waals surface area (Å²) in [7, 11) is 0. The number of hydrogen-bond donors (Lipinski definition) is 3. The van der Waals surface area contributed by atoms with Crippen molar-refractivity contribution >= 4 is 23.6 Å². The molecule has 6 nitrogen and oxygen atoms in total. The van der Waals surface area contributed by atoms with Crippen molar-refractivity contribution in [3.8, 4) is 0 Å². The van der Waals surface area contributed by atoms with Crippen LogP contribution in [0.1, 0.15) is 26.2 Å². The Hall–Kier alpha value is -1.05. The van der Waals surface area contributed by atoms with E-state index in [-0.39, 0.29) is 17.6 Å². The summed E-state index contributed by atoms with van der Waals surface area (Å²) in [5, 5.41) is 22.8. The van der Waals surface area contributed by atoms with Crippen molar-refractivity contribution in [2.24, 2.45) is 5.92 Å². The Kier molecular flexibility index (Phi) is 3.98. The monoisotopic (exact) mass is 312 g/mol. The molecule has 0 aromatic rings. The van der Waals surface area contributed by atoms with Crippen molar-refractivity contribution in [1.29, 1.82) is 0 Å². The summed E-state index contributed by atoms with van der Waals surface area (Å²) in [4.78, 5) is 25.8. The van der Waals surface area contributed by atoms with Crippen LogP contribution in [0, 0.1) is 5.92 Å². The molecule has 7 heteroatoms. The minimum atomic E-state index is -1.04. The summed E-state index contributed by atoms with van der Waals surface area (Å²) in [6, 6.07) is -0.178. The number of piperidine rings is 1. The van der Waals surface area contributed by atoms with Crippen LogP contribution >= 0.6 is 11.8 Å². The van der Waals surface area contributed by atoms with Crippen LogP contribution in [0.3, 0.4) is 0 Å². The number of hydrogen-bond acceptors (Lipinski definition) is 5. The number of carbonyl (C=O) groups excluding carboxylic acids is 1. The number of fused-ring (bicyclic) bond motifs is 1. The quantitative estimate of drug-likeness (QED) is 0.650. The van der Waals surface area contributed by atoms with Gasteiger partial charge in [0.2, 0.25) is 5.91 Å². The first-order chi connectivity index (χ1) is 10.0. The van der Waals surface area contributed by atoms with Gasteiger partial charge in [-0.15, -0.1) is 11.8 Å². The Balaban J connectivity index is 1.79. The van der Waals surface area contributed by atoms with Crippen LogP contribution in [0.15, 0.2) is 10.6 Å². The highest BCUT2D eigenvalue weighted by molar-refractivity contribution is 8.03. The van der Waals surface area contributed by atoms with Crippen LogP contribution in [0.25, 0.3) is 0 Å². The fourth-order valence-electron chi connectivity index (χ4n) is 3.46. The van der Waals surface area contributed by atoms with Gasteiger partial charge in [0.1, 0.15) is 5.70 Å². The molecule has 0 aromatic heterocycles. The topological polar surface area (TPSA) is 89.9 Å². The third-order valence-corrected chi connectivity index (χ3v) is 5.83. The van der Waals surface area contributed by atoms with E-state index < -0.39 is 18.0 Å². The molecule has 3 N–H and O–H groups in total. The molecule has 0 spiro atoms. The first kappa shape index (κ1) is 14.9. The number of β-lactam (4-membered cyclic amide) rings is 1.